The summed E-state index contributed by atoms with van der Waals surface area (Å²) in [6.45, 7) is 6.41. The van der Waals surface area contributed by atoms with Gasteiger partial charge in [-0.3, -0.25) is 4.79 Å². The second-order valence-electron chi connectivity index (χ2n) is 6.17. The normalized spacial score (nSPS) is 25.5. The number of hydrogen-bond acceptors (Lipinski definition) is 3. The molecule has 0 heterocycles. The Morgan fingerprint density at radius 3 is 2.60 bits per heavy atom. The summed E-state index contributed by atoms with van der Waals surface area (Å²) in [7, 11) is 0. The third kappa shape index (κ3) is 4.39. The van der Waals surface area contributed by atoms with Crippen LogP contribution in [0.4, 0.5) is 0 Å². The molecule has 0 radical (unpaired) electrons. The lowest BCUT2D eigenvalue weighted by molar-refractivity contribution is -0.124. The number of oxime groups is 1. The second kappa shape index (κ2) is 8.12. The quantitative estimate of drug-likeness (QED) is 0.303. The van der Waals surface area contributed by atoms with Gasteiger partial charge in [0.25, 0.3) is 0 Å². The summed E-state index contributed by atoms with van der Waals surface area (Å²) < 4.78 is 0. The van der Waals surface area contributed by atoms with Crippen molar-refractivity contribution < 1.29 is 10.0 Å². The minimum atomic E-state index is -0.514. The molecule has 1 aliphatic carbocycles. The van der Waals surface area contributed by atoms with Crippen molar-refractivity contribution in [2.75, 3.05) is 0 Å². The largest absolute Gasteiger partial charge is 0.409 e. The maximum Gasteiger partial charge on any atom is 0.231 e. The average molecular weight is 283 g/mol. The standard InChI is InChI=1S/C15H29N3O2/c1-4-7-12(14(16)18-20)15(19)17-13-9-6-5-8-11(13)10(2)3/h10-13,20H,4-9H2,1-3H3,(H2,16,18)(H,17,19). The predicted octanol–water partition coefficient (Wildman–Crippen LogP) is 2.48. The molecule has 0 bridgehead atoms. The molecule has 116 valence electrons. The van der Waals surface area contributed by atoms with Crippen molar-refractivity contribution >= 4 is 11.7 Å². The number of carbonyl (C=O) groups excluding carboxylic acids is 1. The first-order valence-corrected chi connectivity index (χ1v) is 7.79. The van der Waals surface area contributed by atoms with Crippen LogP contribution < -0.4 is 11.1 Å². The van der Waals surface area contributed by atoms with Crippen LogP contribution in [0.15, 0.2) is 5.16 Å². The van der Waals surface area contributed by atoms with E-state index < -0.39 is 5.92 Å². The lowest BCUT2D eigenvalue weighted by Crippen LogP contribution is -2.48. The summed E-state index contributed by atoms with van der Waals surface area (Å²) >= 11 is 0. The van der Waals surface area contributed by atoms with Crippen molar-refractivity contribution in [1.29, 1.82) is 0 Å². The molecule has 1 amide bonds. The lowest BCUT2D eigenvalue weighted by atomic mass is 9.77. The van der Waals surface area contributed by atoms with Crippen LogP contribution in [0.25, 0.3) is 0 Å². The van der Waals surface area contributed by atoms with Gasteiger partial charge in [0.1, 0.15) is 0 Å². The topological polar surface area (TPSA) is 87.7 Å². The first-order chi connectivity index (χ1) is 9.51. The number of nitrogens with zero attached hydrogens (tertiary/aromatic N) is 1. The van der Waals surface area contributed by atoms with Gasteiger partial charge in [-0.15, -0.1) is 0 Å². The van der Waals surface area contributed by atoms with Crippen LogP contribution in [-0.4, -0.2) is 23.0 Å². The molecular formula is C15H29N3O2. The van der Waals surface area contributed by atoms with E-state index >= 15 is 0 Å². The highest BCUT2D eigenvalue weighted by Crippen LogP contribution is 2.30. The molecule has 3 atom stereocenters. The lowest BCUT2D eigenvalue weighted by Gasteiger charge is -2.35. The van der Waals surface area contributed by atoms with E-state index in [0.29, 0.717) is 18.3 Å². The van der Waals surface area contributed by atoms with Gasteiger partial charge in [-0.25, -0.2) is 0 Å². The molecule has 20 heavy (non-hydrogen) atoms. The number of hydrogen-bond donors (Lipinski definition) is 3. The van der Waals surface area contributed by atoms with Crippen LogP contribution >= 0.6 is 0 Å². The number of amidine groups is 1. The van der Waals surface area contributed by atoms with Crippen molar-refractivity contribution in [2.24, 2.45) is 28.6 Å². The van der Waals surface area contributed by atoms with Crippen LogP contribution in [0, 0.1) is 17.8 Å². The zero-order valence-electron chi connectivity index (χ0n) is 12.9. The van der Waals surface area contributed by atoms with E-state index in [1.54, 1.807) is 0 Å². The van der Waals surface area contributed by atoms with Crippen LogP contribution in [0.3, 0.4) is 0 Å². The fourth-order valence-corrected chi connectivity index (χ4v) is 3.19. The van der Waals surface area contributed by atoms with Crippen molar-refractivity contribution in [3.63, 3.8) is 0 Å². The van der Waals surface area contributed by atoms with Crippen molar-refractivity contribution in [1.82, 2.24) is 5.32 Å². The molecule has 1 aliphatic rings. The highest BCUT2D eigenvalue weighted by molar-refractivity contribution is 6.02. The van der Waals surface area contributed by atoms with Crippen molar-refractivity contribution in [3.8, 4) is 0 Å². The molecule has 5 nitrogen and oxygen atoms in total. The molecule has 0 aromatic rings. The summed E-state index contributed by atoms with van der Waals surface area (Å²) in [5.41, 5.74) is 5.64. The number of nitrogens with two attached hydrogens (primary N) is 1. The van der Waals surface area contributed by atoms with Crippen LogP contribution in [0.2, 0.25) is 0 Å². The molecule has 0 spiro atoms. The molecule has 4 N–H and O–H groups in total. The van der Waals surface area contributed by atoms with E-state index in [2.05, 4.69) is 24.3 Å². The molecule has 0 aromatic carbocycles. The second-order valence-corrected chi connectivity index (χ2v) is 6.17. The average Bonchev–Trinajstić information content (AvgIpc) is 2.44. The maximum absolute atomic E-state index is 12.4. The molecule has 3 unspecified atom stereocenters. The Bertz CT molecular complexity index is 342. The Morgan fingerprint density at radius 1 is 1.40 bits per heavy atom. The van der Waals surface area contributed by atoms with E-state index in [4.69, 9.17) is 10.9 Å². The number of carbonyl (C=O) groups is 1. The van der Waals surface area contributed by atoms with Crippen LogP contribution in [-0.2, 0) is 4.79 Å². The Balaban J connectivity index is 2.70. The van der Waals surface area contributed by atoms with Gasteiger partial charge in [-0.05, 0) is 31.1 Å². The molecule has 0 saturated heterocycles. The Morgan fingerprint density at radius 2 is 2.05 bits per heavy atom. The highest BCUT2D eigenvalue weighted by atomic mass is 16.4. The maximum atomic E-state index is 12.4. The third-order valence-corrected chi connectivity index (χ3v) is 4.37. The molecule has 1 rings (SSSR count). The molecule has 1 saturated carbocycles. The molecular weight excluding hydrogens is 254 g/mol. The molecule has 0 aromatic heterocycles. The van der Waals surface area contributed by atoms with Gasteiger partial charge in [0, 0.05) is 6.04 Å². The van der Waals surface area contributed by atoms with Gasteiger partial charge in [0.05, 0.1) is 5.92 Å². The first-order valence-electron chi connectivity index (χ1n) is 7.79. The Hall–Kier alpha value is -1.26. The van der Waals surface area contributed by atoms with E-state index in [9.17, 15) is 4.79 Å². The van der Waals surface area contributed by atoms with E-state index in [-0.39, 0.29) is 17.8 Å². The van der Waals surface area contributed by atoms with Gasteiger partial charge < -0.3 is 16.3 Å². The van der Waals surface area contributed by atoms with Crippen molar-refractivity contribution in [3.05, 3.63) is 0 Å². The van der Waals surface area contributed by atoms with Gasteiger partial charge in [-0.2, -0.15) is 0 Å². The number of amides is 1. The van der Waals surface area contributed by atoms with E-state index in [1.165, 1.54) is 12.8 Å². The Labute approximate surface area is 122 Å². The van der Waals surface area contributed by atoms with Gasteiger partial charge in [-0.1, -0.05) is 45.2 Å². The fourth-order valence-electron chi connectivity index (χ4n) is 3.19. The van der Waals surface area contributed by atoms with Crippen LogP contribution in [0.5, 0.6) is 0 Å². The summed E-state index contributed by atoms with van der Waals surface area (Å²) in [5, 5.41) is 15.0. The van der Waals surface area contributed by atoms with Gasteiger partial charge >= 0.3 is 0 Å². The molecule has 0 aliphatic heterocycles. The molecule has 1 fully saturated rings. The summed E-state index contributed by atoms with van der Waals surface area (Å²) in [6.07, 6.45) is 6.05. The van der Waals surface area contributed by atoms with Gasteiger partial charge in [0.2, 0.25) is 5.91 Å². The minimum absolute atomic E-state index is 0.0151. The van der Waals surface area contributed by atoms with E-state index in [0.717, 1.165) is 19.3 Å². The minimum Gasteiger partial charge on any atom is -0.409 e. The molecule has 5 heteroatoms. The number of nitrogens with one attached hydrogen (secondary N) is 1. The highest BCUT2D eigenvalue weighted by Gasteiger charge is 2.31. The van der Waals surface area contributed by atoms with Crippen LogP contribution in [0.1, 0.15) is 59.3 Å². The third-order valence-electron chi connectivity index (χ3n) is 4.37. The Kier molecular flexibility index (Phi) is 6.82. The van der Waals surface area contributed by atoms with E-state index in [1.807, 2.05) is 6.92 Å². The first kappa shape index (κ1) is 16.8. The monoisotopic (exact) mass is 283 g/mol. The summed E-state index contributed by atoms with van der Waals surface area (Å²) in [6, 6.07) is 0.224. The number of rotatable bonds is 6. The SMILES string of the molecule is CCCC(C(=O)NC1CCCCC1C(C)C)C(N)=NO. The summed E-state index contributed by atoms with van der Waals surface area (Å²) in [5.74, 6) is 0.497. The predicted molar refractivity (Wildman–Crippen MR) is 80.5 cm³/mol. The fraction of sp³-hybridized carbons (Fsp3) is 0.867. The zero-order chi connectivity index (χ0) is 15.1. The summed E-state index contributed by atoms with van der Waals surface area (Å²) in [4.78, 5) is 12.4. The zero-order valence-corrected chi connectivity index (χ0v) is 12.9. The smallest absolute Gasteiger partial charge is 0.231 e. The van der Waals surface area contributed by atoms with Crippen molar-refractivity contribution in [2.45, 2.75) is 65.3 Å². The van der Waals surface area contributed by atoms with Gasteiger partial charge in [0.15, 0.2) is 5.84 Å².